The summed E-state index contributed by atoms with van der Waals surface area (Å²) in [5.41, 5.74) is 0.869. The molecule has 2 aromatic rings. The third kappa shape index (κ3) is 4.51. The maximum absolute atomic E-state index is 12.6. The number of pyridine rings is 1. The normalized spacial score (nSPS) is 20.1. The molecule has 9 nitrogen and oxygen atoms in total. The molecule has 2 aliphatic heterocycles. The Bertz CT molecular complexity index is 852. The number of rotatable bonds is 5. The van der Waals surface area contributed by atoms with Crippen LogP contribution in [-0.2, 0) is 9.59 Å². The van der Waals surface area contributed by atoms with Gasteiger partial charge < -0.3 is 14.9 Å². The van der Waals surface area contributed by atoms with Gasteiger partial charge in [-0.2, -0.15) is 0 Å². The zero-order valence-corrected chi connectivity index (χ0v) is 16.1. The molecule has 1 amide bonds. The van der Waals surface area contributed by atoms with E-state index < -0.39 is 5.97 Å². The van der Waals surface area contributed by atoms with Gasteiger partial charge in [0.05, 0.1) is 12.5 Å². The van der Waals surface area contributed by atoms with Crippen LogP contribution in [0.2, 0.25) is 0 Å². The molecule has 4 heterocycles. The summed E-state index contributed by atoms with van der Waals surface area (Å²) >= 11 is 0. The van der Waals surface area contributed by atoms with E-state index in [-0.39, 0.29) is 11.8 Å². The Balaban J connectivity index is 1.28. The highest BCUT2D eigenvalue weighted by molar-refractivity contribution is 5.79. The molecule has 9 heteroatoms. The van der Waals surface area contributed by atoms with Gasteiger partial charge in [0.25, 0.3) is 0 Å². The van der Waals surface area contributed by atoms with Crippen LogP contribution in [0.3, 0.4) is 0 Å². The van der Waals surface area contributed by atoms with Gasteiger partial charge in [0.15, 0.2) is 5.82 Å². The molecule has 4 rings (SSSR count). The number of nitrogens with zero attached hydrogens (tertiary/aromatic N) is 6. The number of likely N-dealkylation sites (tertiary alicyclic amines) is 1. The van der Waals surface area contributed by atoms with Crippen LogP contribution in [0.5, 0.6) is 0 Å². The van der Waals surface area contributed by atoms with Crippen molar-refractivity contribution in [2.45, 2.75) is 6.42 Å². The maximum atomic E-state index is 12.6. The van der Waals surface area contributed by atoms with Gasteiger partial charge in [-0.05, 0) is 31.2 Å². The summed E-state index contributed by atoms with van der Waals surface area (Å²) in [4.78, 5) is 42.6. The number of carboxylic acids is 1. The van der Waals surface area contributed by atoms with Gasteiger partial charge in [-0.25, -0.2) is 15.0 Å². The largest absolute Gasteiger partial charge is 0.481 e. The molecule has 2 aromatic heterocycles. The Morgan fingerprint density at radius 2 is 1.79 bits per heavy atom. The minimum absolute atomic E-state index is 0.0697. The van der Waals surface area contributed by atoms with Crippen LogP contribution in [0.25, 0.3) is 11.4 Å². The second kappa shape index (κ2) is 8.52. The van der Waals surface area contributed by atoms with E-state index in [0.717, 1.165) is 24.5 Å². The molecule has 0 aromatic carbocycles. The van der Waals surface area contributed by atoms with E-state index >= 15 is 0 Å². The first-order chi connectivity index (χ1) is 14.1. The summed E-state index contributed by atoms with van der Waals surface area (Å²) in [6.07, 6.45) is 5.80. The van der Waals surface area contributed by atoms with E-state index in [2.05, 4.69) is 19.9 Å². The zero-order valence-electron chi connectivity index (χ0n) is 16.1. The predicted molar refractivity (Wildman–Crippen MR) is 106 cm³/mol. The second-order valence-electron chi connectivity index (χ2n) is 7.40. The molecule has 0 saturated carbocycles. The number of carbonyl (C=O) groups is 2. The topological polar surface area (TPSA) is 103 Å². The van der Waals surface area contributed by atoms with Crippen molar-refractivity contribution in [3.63, 3.8) is 0 Å². The first kappa shape index (κ1) is 19.3. The van der Waals surface area contributed by atoms with Gasteiger partial charge >= 0.3 is 5.97 Å². The SMILES string of the molecule is O=C(O)C1CCN(CC(=O)N2CCN(c3ccc(-c4ncccn4)cn3)CC2)C1. The number of carbonyl (C=O) groups excluding carboxylic acids is 1. The quantitative estimate of drug-likeness (QED) is 0.784. The maximum Gasteiger partial charge on any atom is 0.307 e. The fourth-order valence-corrected chi connectivity index (χ4v) is 3.81. The Kier molecular flexibility index (Phi) is 5.66. The minimum atomic E-state index is -0.772. The Morgan fingerprint density at radius 1 is 1.03 bits per heavy atom. The van der Waals surface area contributed by atoms with Crippen LogP contribution in [0, 0.1) is 5.92 Å². The first-order valence-corrected chi connectivity index (χ1v) is 9.81. The van der Waals surface area contributed by atoms with E-state index in [9.17, 15) is 9.59 Å². The molecule has 0 radical (unpaired) electrons. The van der Waals surface area contributed by atoms with Gasteiger partial charge in [-0.3, -0.25) is 14.5 Å². The van der Waals surface area contributed by atoms with Crippen molar-refractivity contribution in [1.29, 1.82) is 0 Å². The van der Waals surface area contributed by atoms with Crippen LogP contribution in [0.4, 0.5) is 5.82 Å². The summed E-state index contributed by atoms with van der Waals surface area (Å²) in [5, 5.41) is 9.09. The number of piperazine rings is 1. The Labute approximate surface area is 169 Å². The van der Waals surface area contributed by atoms with E-state index in [0.29, 0.717) is 45.0 Å². The highest BCUT2D eigenvalue weighted by Gasteiger charge is 2.30. The van der Waals surface area contributed by atoms with E-state index in [4.69, 9.17) is 5.11 Å². The number of anilines is 1. The van der Waals surface area contributed by atoms with Gasteiger partial charge in [-0.15, -0.1) is 0 Å². The van der Waals surface area contributed by atoms with Gasteiger partial charge in [0, 0.05) is 56.9 Å². The summed E-state index contributed by atoms with van der Waals surface area (Å²) in [7, 11) is 0. The van der Waals surface area contributed by atoms with Crippen LogP contribution >= 0.6 is 0 Å². The fourth-order valence-electron chi connectivity index (χ4n) is 3.81. The van der Waals surface area contributed by atoms with Crippen molar-refractivity contribution in [2.24, 2.45) is 5.92 Å². The monoisotopic (exact) mass is 396 g/mol. The fraction of sp³-hybridized carbons (Fsp3) is 0.450. The molecular formula is C20H24N6O3. The van der Waals surface area contributed by atoms with Crippen molar-refractivity contribution in [1.82, 2.24) is 24.8 Å². The standard InChI is InChI=1S/C20H24N6O3/c27-18(14-24-7-4-16(13-24)20(28)29)26-10-8-25(9-11-26)17-3-2-15(12-23-17)19-21-5-1-6-22-19/h1-3,5-6,12,16H,4,7-11,13-14H2,(H,28,29). The highest BCUT2D eigenvalue weighted by atomic mass is 16.4. The number of aromatic nitrogens is 3. The molecule has 0 bridgehead atoms. The van der Waals surface area contributed by atoms with Gasteiger partial charge in [0.1, 0.15) is 5.82 Å². The smallest absolute Gasteiger partial charge is 0.307 e. The minimum Gasteiger partial charge on any atom is -0.481 e. The predicted octanol–water partition coefficient (Wildman–Crippen LogP) is 0.594. The molecule has 0 aliphatic carbocycles. The lowest BCUT2D eigenvalue weighted by atomic mass is 10.1. The Morgan fingerprint density at radius 3 is 2.41 bits per heavy atom. The number of hydrogen-bond donors (Lipinski definition) is 1. The summed E-state index contributed by atoms with van der Waals surface area (Å²) in [6.45, 7) is 4.15. The second-order valence-corrected chi connectivity index (χ2v) is 7.40. The third-order valence-corrected chi connectivity index (χ3v) is 5.51. The average molecular weight is 396 g/mol. The molecule has 2 saturated heterocycles. The van der Waals surface area contributed by atoms with Gasteiger partial charge in [0.2, 0.25) is 5.91 Å². The molecule has 29 heavy (non-hydrogen) atoms. The molecule has 2 fully saturated rings. The van der Waals surface area contributed by atoms with E-state index in [1.165, 1.54) is 0 Å². The third-order valence-electron chi connectivity index (χ3n) is 5.51. The molecule has 2 aliphatic rings. The molecule has 1 atom stereocenters. The van der Waals surface area contributed by atoms with Crippen molar-refractivity contribution in [3.05, 3.63) is 36.8 Å². The number of hydrogen-bond acceptors (Lipinski definition) is 7. The average Bonchev–Trinajstić information content (AvgIpc) is 3.23. The molecular weight excluding hydrogens is 372 g/mol. The molecule has 152 valence electrons. The van der Waals surface area contributed by atoms with Crippen molar-refractivity contribution < 1.29 is 14.7 Å². The van der Waals surface area contributed by atoms with Crippen LogP contribution in [0.1, 0.15) is 6.42 Å². The summed E-state index contributed by atoms with van der Waals surface area (Å²) in [5.74, 6) is 0.468. The van der Waals surface area contributed by atoms with E-state index in [1.54, 1.807) is 24.7 Å². The van der Waals surface area contributed by atoms with Crippen LogP contribution in [-0.4, -0.2) is 87.5 Å². The van der Waals surface area contributed by atoms with E-state index in [1.807, 2.05) is 21.9 Å². The lowest BCUT2D eigenvalue weighted by Gasteiger charge is -2.36. The summed E-state index contributed by atoms with van der Waals surface area (Å²) in [6, 6.07) is 5.70. The van der Waals surface area contributed by atoms with Gasteiger partial charge in [-0.1, -0.05) is 0 Å². The number of carboxylic acid groups (broad SMARTS) is 1. The molecule has 1 unspecified atom stereocenters. The zero-order chi connectivity index (χ0) is 20.2. The lowest BCUT2D eigenvalue weighted by Crippen LogP contribution is -2.51. The number of aliphatic carboxylic acids is 1. The summed E-state index contributed by atoms with van der Waals surface area (Å²) < 4.78 is 0. The molecule has 0 spiro atoms. The Hall–Kier alpha value is -3.07. The van der Waals surface area contributed by atoms with Crippen LogP contribution in [0.15, 0.2) is 36.8 Å². The van der Waals surface area contributed by atoms with Crippen LogP contribution < -0.4 is 4.90 Å². The molecule has 1 N–H and O–H groups in total. The van der Waals surface area contributed by atoms with Crippen molar-refractivity contribution in [2.75, 3.05) is 50.7 Å². The lowest BCUT2D eigenvalue weighted by molar-refractivity contribution is -0.141. The highest BCUT2D eigenvalue weighted by Crippen LogP contribution is 2.19. The number of amides is 1. The first-order valence-electron chi connectivity index (χ1n) is 9.81. The van der Waals surface area contributed by atoms with Crippen molar-refractivity contribution in [3.8, 4) is 11.4 Å². The van der Waals surface area contributed by atoms with Crippen molar-refractivity contribution >= 4 is 17.7 Å².